The number of hydrogen-bond acceptors (Lipinski definition) is 3. The van der Waals surface area contributed by atoms with E-state index in [4.69, 9.17) is 11.5 Å². The molecule has 0 aliphatic heterocycles. The highest BCUT2D eigenvalue weighted by atomic mass is 16.1. The third kappa shape index (κ3) is 3.45. The fourth-order valence-electron chi connectivity index (χ4n) is 2.82. The van der Waals surface area contributed by atoms with Gasteiger partial charge in [0.15, 0.2) is 5.96 Å². The number of H-pyrrole nitrogens is 1. The number of nitrogens with two attached hydrogens (primary N) is 2. The first kappa shape index (κ1) is 16.7. The second-order valence-electron chi connectivity index (χ2n) is 6.02. The number of nitrogens with one attached hydrogen (secondary N) is 1. The van der Waals surface area contributed by atoms with E-state index in [1.165, 1.54) is 4.57 Å². The van der Waals surface area contributed by atoms with Crippen molar-refractivity contribution in [3.8, 4) is 16.9 Å². The fourth-order valence-corrected chi connectivity index (χ4v) is 2.82. The summed E-state index contributed by atoms with van der Waals surface area (Å²) in [6.07, 6.45) is 1.78. The molecule has 0 aliphatic carbocycles. The molecule has 0 atom stereocenters. The lowest BCUT2D eigenvalue weighted by Gasteiger charge is -2.05. The van der Waals surface area contributed by atoms with Crippen LogP contribution in [0.15, 0.2) is 76.6 Å². The van der Waals surface area contributed by atoms with E-state index in [9.17, 15) is 4.79 Å². The van der Waals surface area contributed by atoms with Crippen LogP contribution in [0, 0.1) is 0 Å². The smallest absolute Gasteiger partial charge is 0.354 e. The summed E-state index contributed by atoms with van der Waals surface area (Å²) >= 11 is 0. The second kappa shape index (κ2) is 6.83. The van der Waals surface area contributed by atoms with Crippen molar-refractivity contribution in [3.63, 3.8) is 0 Å². The Kier molecular flexibility index (Phi) is 4.22. The average molecular weight is 355 g/mol. The number of aromatic nitrogens is 3. The predicted octanol–water partition coefficient (Wildman–Crippen LogP) is 0.899. The first-order chi connectivity index (χ1) is 13.1. The predicted molar refractivity (Wildman–Crippen MR) is 108 cm³/mol. The molecular formula is C19H16BN6O. The van der Waals surface area contributed by atoms with E-state index in [2.05, 4.69) is 14.9 Å². The summed E-state index contributed by atoms with van der Waals surface area (Å²) in [5.74, 6) is -0.00775. The topological polar surface area (TPSA) is 115 Å². The quantitative estimate of drug-likeness (QED) is 0.287. The highest BCUT2D eigenvalue weighted by molar-refractivity contribution is 6.53. The third-order valence-corrected chi connectivity index (χ3v) is 4.13. The summed E-state index contributed by atoms with van der Waals surface area (Å²) in [5.41, 5.74) is 14.3. The molecule has 4 aromatic rings. The highest BCUT2D eigenvalue weighted by Crippen LogP contribution is 2.22. The Morgan fingerprint density at radius 2 is 1.81 bits per heavy atom. The summed E-state index contributed by atoms with van der Waals surface area (Å²) < 4.78 is 1.51. The maximum atomic E-state index is 12.4. The zero-order valence-corrected chi connectivity index (χ0v) is 14.3. The monoisotopic (exact) mass is 355 g/mol. The molecule has 0 amide bonds. The van der Waals surface area contributed by atoms with Gasteiger partial charge in [0.1, 0.15) is 5.65 Å². The molecule has 0 saturated heterocycles. The Balaban J connectivity index is 1.71. The Morgan fingerprint density at radius 3 is 2.52 bits per heavy atom. The van der Waals surface area contributed by atoms with Crippen molar-refractivity contribution in [1.82, 2.24) is 14.5 Å². The van der Waals surface area contributed by atoms with Gasteiger partial charge in [0, 0.05) is 17.3 Å². The molecule has 8 heteroatoms. The molecule has 27 heavy (non-hydrogen) atoms. The molecule has 5 N–H and O–H groups in total. The molecule has 0 fully saturated rings. The van der Waals surface area contributed by atoms with E-state index in [0.29, 0.717) is 11.3 Å². The SMILES string of the molecule is NC(N)=N[B]c1ccc(-n2cc3cc(-c4ccccc4)[nH]c3nc2=O)cc1. The average Bonchev–Trinajstić information content (AvgIpc) is 3.10. The number of aromatic amines is 1. The standard InChI is InChI=1S/C19H16BN6O/c21-18(22)25-20-14-6-8-15(9-7-14)26-11-13-10-16(12-4-2-1-3-5-12)23-17(13)24-19(26)27/h1-11H,(H4,21,22,25)(H,23,24,27). The molecule has 1 radical (unpaired) electrons. The number of nitrogens with zero attached hydrogens (tertiary/aromatic N) is 3. The molecule has 131 valence electrons. The lowest BCUT2D eigenvalue weighted by Crippen LogP contribution is -2.26. The van der Waals surface area contributed by atoms with Crippen LogP contribution in [-0.2, 0) is 0 Å². The second-order valence-corrected chi connectivity index (χ2v) is 6.02. The summed E-state index contributed by atoms with van der Waals surface area (Å²) in [5, 5.41) is 0.851. The van der Waals surface area contributed by atoms with E-state index in [1.807, 2.05) is 60.7 Å². The molecule has 0 spiro atoms. The molecule has 4 rings (SSSR count). The molecule has 0 aliphatic rings. The van der Waals surface area contributed by atoms with Gasteiger partial charge in [-0.15, -0.1) is 0 Å². The number of guanidine groups is 1. The number of fused-ring (bicyclic) bond motifs is 1. The van der Waals surface area contributed by atoms with Crippen LogP contribution in [0.1, 0.15) is 0 Å². The highest BCUT2D eigenvalue weighted by Gasteiger charge is 2.09. The zero-order chi connectivity index (χ0) is 18.8. The van der Waals surface area contributed by atoms with Crippen molar-refractivity contribution >= 4 is 29.9 Å². The van der Waals surface area contributed by atoms with Crippen molar-refractivity contribution in [1.29, 1.82) is 0 Å². The largest absolute Gasteiger partial charge is 0.371 e. The number of hydrogen-bond donors (Lipinski definition) is 3. The molecule has 2 heterocycles. The lowest BCUT2D eigenvalue weighted by molar-refractivity contribution is 0.935. The summed E-state index contributed by atoms with van der Waals surface area (Å²) in [4.78, 5) is 23.7. The summed E-state index contributed by atoms with van der Waals surface area (Å²) in [6, 6.07) is 19.2. The third-order valence-electron chi connectivity index (χ3n) is 4.13. The minimum absolute atomic E-state index is 0.00775. The molecule has 7 nitrogen and oxygen atoms in total. The van der Waals surface area contributed by atoms with E-state index < -0.39 is 0 Å². The van der Waals surface area contributed by atoms with E-state index in [0.717, 1.165) is 22.1 Å². The van der Waals surface area contributed by atoms with Crippen LogP contribution < -0.4 is 22.6 Å². The van der Waals surface area contributed by atoms with E-state index >= 15 is 0 Å². The van der Waals surface area contributed by atoms with Crippen molar-refractivity contribution < 1.29 is 0 Å². The molecule has 0 saturated carbocycles. The number of benzene rings is 2. The maximum absolute atomic E-state index is 12.4. The van der Waals surface area contributed by atoms with Crippen molar-refractivity contribution in [2.45, 2.75) is 0 Å². The van der Waals surface area contributed by atoms with E-state index in [1.54, 1.807) is 13.6 Å². The Bertz CT molecular complexity index is 1170. The zero-order valence-electron chi connectivity index (χ0n) is 14.3. The lowest BCUT2D eigenvalue weighted by atomic mass is 9.84. The number of rotatable bonds is 4. The fraction of sp³-hybridized carbons (Fsp3) is 0. The summed E-state index contributed by atoms with van der Waals surface area (Å²) in [6.45, 7) is 0. The van der Waals surface area contributed by atoms with Crippen LogP contribution in [0.25, 0.3) is 28.0 Å². The van der Waals surface area contributed by atoms with Gasteiger partial charge in [0.05, 0.1) is 5.69 Å². The van der Waals surface area contributed by atoms with Gasteiger partial charge in [-0.2, -0.15) is 4.98 Å². The van der Waals surface area contributed by atoms with Gasteiger partial charge in [0.25, 0.3) is 0 Å². The molecule has 0 unspecified atom stereocenters. The van der Waals surface area contributed by atoms with Crippen LogP contribution in [0.5, 0.6) is 0 Å². The van der Waals surface area contributed by atoms with E-state index in [-0.39, 0.29) is 11.6 Å². The molecule has 0 bridgehead atoms. The van der Waals surface area contributed by atoms with Crippen LogP contribution in [-0.4, -0.2) is 27.9 Å². The normalized spacial score (nSPS) is 10.7. The first-order valence-corrected chi connectivity index (χ1v) is 8.30. The molecular weight excluding hydrogens is 339 g/mol. The molecule has 2 aromatic carbocycles. The van der Waals surface area contributed by atoms with Gasteiger partial charge in [0.2, 0.25) is 0 Å². The Hall–Kier alpha value is -3.81. The van der Waals surface area contributed by atoms with Gasteiger partial charge in [-0.25, -0.2) is 4.79 Å². The van der Waals surface area contributed by atoms with Crippen molar-refractivity contribution in [3.05, 3.63) is 77.3 Å². The van der Waals surface area contributed by atoms with Gasteiger partial charge in [-0.05, 0) is 23.8 Å². The van der Waals surface area contributed by atoms with Crippen molar-refractivity contribution in [2.24, 2.45) is 16.4 Å². The summed E-state index contributed by atoms with van der Waals surface area (Å²) in [7, 11) is 1.56. The van der Waals surface area contributed by atoms with Crippen LogP contribution in [0.4, 0.5) is 0 Å². The van der Waals surface area contributed by atoms with Gasteiger partial charge >= 0.3 is 13.1 Å². The van der Waals surface area contributed by atoms with Crippen molar-refractivity contribution in [2.75, 3.05) is 0 Å². The minimum Gasteiger partial charge on any atom is -0.371 e. The minimum atomic E-state index is -0.357. The van der Waals surface area contributed by atoms with Gasteiger partial charge < -0.3 is 21.4 Å². The molecule has 2 aromatic heterocycles. The van der Waals surface area contributed by atoms with Crippen LogP contribution >= 0.6 is 0 Å². The van der Waals surface area contributed by atoms with Crippen LogP contribution in [0.3, 0.4) is 0 Å². The first-order valence-electron chi connectivity index (χ1n) is 8.30. The van der Waals surface area contributed by atoms with Gasteiger partial charge in [-0.1, -0.05) is 47.9 Å². The Labute approximate surface area is 155 Å². The Morgan fingerprint density at radius 1 is 1.07 bits per heavy atom. The van der Waals surface area contributed by atoms with Crippen LogP contribution in [0.2, 0.25) is 0 Å². The maximum Gasteiger partial charge on any atom is 0.354 e. The van der Waals surface area contributed by atoms with Gasteiger partial charge in [-0.3, -0.25) is 4.57 Å².